The van der Waals surface area contributed by atoms with E-state index >= 15 is 0 Å². The predicted octanol–water partition coefficient (Wildman–Crippen LogP) is 3.59. The zero-order valence-corrected chi connectivity index (χ0v) is 11.0. The van der Waals surface area contributed by atoms with E-state index in [0.29, 0.717) is 12.3 Å². The number of rotatable bonds is 4. The van der Waals surface area contributed by atoms with Crippen molar-refractivity contribution in [3.8, 4) is 0 Å². The summed E-state index contributed by atoms with van der Waals surface area (Å²) in [6.45, 7) is 0. The van der Waals surface area contributed by atoms with Gasteiger partial charge in [0, 0.05) is 0 Å². The van der Waals surface area contributed by atoms with Crippen LogP contribution in [-0.4, -0.2) is 11.0 Å². The predicted molar refractivity (Wildman–Crippen MR) is 74.1 cm³/mol. The van der Waals surface area contributed by atoms with E-state index < -0.39 is 4.75 Å². The van der Waals surface area contributed by atoms with Crippen LogP contribution < -0.4 is 0 Å². The molecule has 0 heterocycles. The van der Waals surface area contributed by atoms with Crippen molar-refractivity contribution in [3.05, 3.63) is 35.9 Å². The van der Waals surface area contributed by atoms with Gasteiger partial charge >= 0.3 is 0 Å². The lowest BCUT2D eigenvalue weighted by Gasteiger charge is -2.34. The minimum atomic E-state index is -0.595. The molecule has 1 saturated carbocycles. The number of benzene rings is 1. The maximum atomic E-state index is 11.3. The summed E-state index contributed by atoms with van der Waals surface area (Å²) in [5.41, 5.74) is 1.18. The molecule has 1 radical (unpaired) electrons. The second-order valence-corrected chi connectivity index (χ2v) is 5.82. The smallest absolute Gasteiger partial charge is 0.216 e. The van der Waals surface area contributed by atoms with Crippen LogP contribution in [0.2, 0.25) is 0 Å². The molecule has 1 aromatic carbocycles. The van der Waals surface area contributed by atoms with E-state index in [0.717, 1.165) is 12.8 Å². The van der Waals surface area contributed by atoms with Crippen molar-refractivity contribution in [1.29, 1.82) is 0 Å². The lowest BCUT2D eigenvalue weighted by Crippen LogP contribution is -2.37. The summed E-state index contributed by atoms with van der Waals surface area (Å²) in [6, 6.07) is 10.1. The zero-order valence-electron chi connectivity index (χ0n) is 10.1. The van der Waals surface area contributed by atoms with Gasteiger partial charge in [0.15, 0.2) is 0 Å². The van der Waals surface area contributed by atoms with Gasteiger partial charge in [-0.1, -0.05) is 49.6 Å². The minimum absolute atomic E-state index is 0.386. The molecule has 17 heavy (non-hydrogen) atoms. The number of hydrogen-bond donors (Lipinski definition) is 1. The SMILES string of the molecule is O=[C]C(S)(Cc1ccccc1)C1CCCCC1. The van der Waals surface area contributed by atoms with Gasteiger partial charge in [0.2, 0.25) is 6.29 Å². The Morgan fingerprint density at radius 3 is 2.41 bits per heavy atom. The van der Waals surface area contributed by atoms with Crippen molar-refractivity contribution in [1.82, 2.24) is 0 Å². The van der Waals surface area contributed by atoms with Crippen molar-refractivity contribution < 1.29 is 4.79 Å². The molecule has 2 rings (SSSR count). The van der Waals surface area contributed by atoms with Gasteiger partial charge in [0.25, 0.3) is 0 Å². The molecule has 1 nitrogen and oxygen atoms in total. The largest absolute Gasteiger partial charge is 0.289 e. The normalized spacial score (nSPS) is 20.8. The Morgan fingerprint density at radius 1 is 1.18 bits per heavy atom. The van der Waals surface area contributed by atoms with E-state index in [1.54, 1.807) is 0 Å². The second-order valence-electron chi connectivity index (χ2n) is 5.02. The summed E-state index contributed by atoms with van der Waals surface area (Å²) < 4.78 is -0.595. The molecule has 1 atom stereocenters. The summed E-state index contributed by atoms with van der Waals surface area (Å²) in [4.78, 5) is 11.3. The fraction of sp³-hybridized carbons (Fsp3) is 0.533. The fourth-order valence-electron chi connectivity index (χ4n) is 2.75. The Balaban J connectivity index is 2.10. The number of carbonyl (C=O) groups excluding carboxylic acids is 1. The van der Waals surface area contributed by atoms with Gasteiger partial charge in [-0.3, -0.25) is 4.79 Å². The van der Waals surface area contributed by atoms with Crippen LogP contribution in [0.4, 0.5) is 0 Å². The molecule has 0 amide bonds. The van der Waals surface area contributed by atoms with Crippen molar-refractivity contribution >= 4 is 18.9 Å². The molecule has 1 unspecified atom stereocenters. The molecule has 0 bridgehead atoms. The van der Waals surface area contributed by atoms with Crippen molar-refractivity contribution in [2.24, 2.45) is 5.92 Å². The minimum Gasteiger partial charge on any atom is -0.289 e. The first kappa shape index (κ1) is 12.7. The first-order chi connectivity index (χ1) is 8.24. The van der Waals surface area contributed by atoms with Crippen LogP contribution in [0.3, 0.4) is 0 Å². The van der Waals surface area contributed by atoms with Crippen LogP contribution in [0.5, 0.6) is 0 Å². The van der Waals surface area contributed by atoms with Crippen LogP contribution in [0.25, 0.3) is 0 Å². The molecule has 1 fully saturated rings. The average molecular weight is 247 g/mol. The second kappa shape index (κ2) is 5.72. The standard InChI is InChI=1S/C15H19OS/c16-12-15(17,14-9-5-2-6-10-14)11-13-7-3-1-4-8-13/h1,3-4,7-8,14,17H,2,5-6,9-11H2. The molecule has 0 aliphatic heterocycles. The third-order valence-electron chi connectivity index (χ3n) is 3.77. The van der Waals surface area contributed by atoms with Crippen LogP contribution in [0.15, 0.2) is 30.3 Å². The maximum Gasteiger partial charge on any atom is 0.216 e. The van der Waals surface area contributed by atoms with Gasteiger partial charge in [-0.05, 0) is 30.7 Å². The number of thiol groups is 1. The molecule has 1 aliphatic carbocycles. The Labute approximate surface area is 109 Å². The molecule has 1 aromatic rings. The summed E-state index contributed by atoms with van der Waals surface area (Å²) in [5, 5.41) is 0. The van der Waals surface area contributed by atoms with E-state index in [-0.39, 0.29) is 0 Å². The van der Waals surface area contributed by atoms with Gasteiger partial charge in [-0.25, -0.2) is 0 Å². The van der Waals surface area contributed by atoms with Crippen molar-refractivity contribution in [2.75, 3.05) is 0 Å². The van der Waals surface area contributed by atoms with E-state index in [4.69, 9.17) is 0 Å². The Bertz CT molecular complexity index is 356. The lowest BCUT2D eigenvalue weighted by atomic mass is 9.77. The summed E-state index contributed by atoms with van der Waals surface area (Å²) in [5.74, 6) is 0.386. The van der Waals surface area contributed by atoms with Gasteiger partial charge in [0.1, 0.15) is 0 Å². The number of hydrogen-bond acceptors (Lipinski definition) is 2. The molecule has 0 spiro atoms. The molecular formula is C15H19OS. The van der Waals surface area contributed by atoms with E-state index in [2.05, 4.69) is 31.0 Å². The highest BCUT2D eigenvalue weighted by molar-refractivity contribution is 7.82. The third-order valence-corrected chi connectivity index (χ3v) is 4.39. The van der Waals surface area contributed by atoms with Crippen molar-refractivity contribution in [3.63, 3.8) is 0 Å². The van der Waals surface area contributed by atoms with Gasteiger partial charge in [0.05, 0.1) is 4.75 Å². The Morgan fingerprint density at radius 2 is 1.82 bits per heavy atom. The summed E-state index contributed by atoms with van der Waals surface area (Å²) in [6.07, 6.45) is 8.89. The van der Waals surface area contributed by atoms with Crippen molar-refractivity contribution in [2.45, 2.75) is 43.3 Å². The molecule has 0 saturated heterocycles. The highest BCUT2D eigenvalue weighted by Gasteiger charge is 2.36. The average Bonchev–Trinajstić information content (AvgIpc) is 2.41. The Hall–Kier alpha value is -0.760. The molecular weight excluding hydrogens is 228 g/mol. The highest BCUT2D eigenvalue weighted by atomic mass is 32.1. The first-order valence-electron chi connectivity index (χ1n) is 6.40. The van der Waals surface area contributed by atoms with Gasteiger partial charge in [-0.2, -0.15) is 12.6 Å². The summed E-state index contributed by atoms with van der Waals surface area (Å²) >= 11 is 4.65. The lowest BCUT2D eigenvalue weighted by molar-refractivity contribution is 0.314. The quantitative estimate of drug-likeness (QED) is 0.805. The highest BCUT2D eigenvalue weighted by Crippen LogP contribution is 2.37. The molecule has 0 N–H and O–H groups in total. The van der Waals surface area contributed by atoms with Crippen LogP contribution >= 0.6 is 12.6 Å². The third kappa shape index (κ3) is 3.12. The summed E-state index contributed by atoms with van der Waals surface area (Å²) in [7, 11) is 0. The van der Waals surface area contributed by atoms with Gasteiger partial charge < -0.3 is 0 Å². The zero-order chi connectivity index (χ0) is 12.1. The topological polar surface area (TPSA) is 17.1 Å². The molecule has 91 valence electrons. The maximum absolute atomic E-state index is 11.3. The molecule has 0 aromatic heterocycles. The van der Waals surface area contributed by atoms with Gasteiger partial charge in [-0.15, -0.1) is 0 Å². The van der Waals surface area contributed by atoms with Crippen LogP contribution in [0.1, 0.15) is 37.7 Å². The van der Waals surface area contributed by atoms with E-state index in [1.807, 2.05) is 18.2 Å². The first-order valence-corrected chi connectivity index (χ1v) is 6.85. The van der Waals surface area contributed by atoms with Crippen LogP contribution in [-0.2, 0) is 11.2 Å². The Kier molecular flexibility index (Phi) is 4.27. The fourth-order valence-corrected chi connectivity index (χ4v) is 3.19. The van der Waals surface area contributed by atoms with E-state index in [1.165, 1.54) is 24.8 Å². The monoisotopic (exact) mass is 247 g/mol. The van der Waals surface area contributed by atoms with E-state index in [9.17, 15) is 4.79 Å². The molecule has 1 aliphatic rings. The van der Waals surface area contributed by atoms with Crippen LogP contribution in [0, 0.1) is 5.92 Å². The molecule has 2 heteroatoms.